The second-order valence-electron chi connectivity index (χ2n) is 8.23. The van der Waals surface area contributed by atoms with Crippen molar-refractivity contribution in [2.75, 3.05) is 30.8 Å². The van der Waals surface area contributed by atoms with E-state index < -0.39 is 0 Å². The van der Waals surface area contributed by atoms with E-state index in [-0.39, 0.29) is 23.7 Å². The molecular formula is C22H31Cl2N3O2. The molecule has 1 aliphatic heterocycles. The molecule has 1 saturated heterocycles. The molecule has 2 fully saturated rings. The standard InChI is InChI=1S/C22H31Cl2N3O2/c23-14-20(28)25-15-16-10-12-27(13-11-16)22(29)21(17-4-2-1-3-5-17)26-19-8-6-18(24)7-9-19/h6-9,16-17,21,26H,1-5,10-15H2,(H,25,28)/t21-/m1/s1. The fraction of sp³-hybridized carbons (Fsp3) is 0.636. The lowest BCUT2D eigenvalue weighted by Crippen LogP contribution is -2.50. The van der Waals surface area contributed by atoms with Gasteiger partial charge in [-0.3, -0.25) is 9.59 Å². The molecule has 3 rings (SSSR count). The quantitative estimate of drug-likeness (QED) is 0.622. The summed E-state index contributed by atoms with van der Waals surface area (Å²) in [5, 5.41) is 7.06. The lowest BCUT2D eigenvalue weighted by molar-refractivity contribution is -0.135. The first kappa shape index (κ1) is 22.2. The number of piperidine rings is 1. The molecular weight excluding hydrogens is 409 g/mol. The van der Waals surface area contributed by atoms with E-state index in [1.54, 1.807) is 0 Å². The summed E-state index contributed by atoms with van der Waals surface area (Å²) < 4.78 is 0. The Morgan fingerprint density at radius 3 is 2.31 bits per heavy atom. The highest BCUT2D eigenvalue weighted by atomic mass is 35.5. The minimum atomic E-state index is -0.191. The number of anilines is 1. The number of hydrogen-bond acceptors (Lipinski definition) is 3. The molecule has 29 heavy (non-hydrogen) atoms. The number of nitrogens with one attached hydrogen (secondary N) is 2. The van der Waals surface area contributed by atoms with Crippen LogP contribution < -0.4 is 10.6 Å². The number of benzene rings is 1. The van der Waals surface area contributed by atoms with Crippen LogP contribution in [0.15, 0.2) is 24.3 Å². The van der Waals surface area contributed by atoms with Gasteiger partial charge in [0.05, 0.1) is 0 Å². The average Bonchev–Trinajstić information content (AvgIpc) is 2.77. The van der Waals surface area contributed by atoms with Crippen LogP contribution in [0.2, 0.25) is 5.02 Å². The van der Waals surface area contributed by atoms with E-state index in [2.05, 4.69) is 10.6 Å². The molecule has 0 aromatic heterocycles. The van der Waals surface area contributed by atoms with Gasteiger partial charge in [0.25, 0.3) is 0 Å². The molecule has 0 radical (unpaired) electrons. The summed E-state index contributed by atoms with van der Waals surface area (Å²) >= 11 is 11.6. The van der Waals surface area contributed by atoms with Gasteiger partial charge in [-0.15, -0.1) is 11.6 Å². The summed E-state index contributed by atoms with van der Waals surface area (Å²) in [6.07, 6.45) is 7.66. The fourth-order valence-electron chi connectivity index (χ4n) is 4.43. The summed E-state index contributed by atoms with van der Waals surface area (Å²) in [6, 6.07) is 7.40. The van der Waals surface area contributed by atoms with Crippen molar-refractivity contribution in [2.24, 2.45) is 11.8 Å². The lowest BCUT2D eigenvalue weighted by Gasteiger charge is -2.38. The Morgan fingerprint density at radius 1 is 1.03 bits per heavy atom. The molecule has 1 atom stereocenters. The van der Waals surface area contributed by atoms with Crippen LogP contribution in [0, 0.1) is 11.8 Å². The van der Waals surface area contributed by atoms with Crippen LogP contribution in [0.25, 0.3) is 0 Å². The molecule has 0 bridgehead atoms. The van der Waals surface area contributed by atoms with Gasteiger partial charge >= 0.3 is 0 Å². The Labute approximate surface area is 183 Å². The SMILES string of the molecule is O=C(CCl)NCC1CCN(C(=O)[C@H](Nc2ccc(Cl)cc2)C2CCCCC2)CC1. The molecule has 1 saturated carbocycles. The first-order valence-electron chi connectivity index (χ1n) is 10.7. The van der Waals surface area contributed by atoms with Gasteiger partial charge in [0.2, 0.25) is 11.8 Å². The maximum atomic E-state index is 13.4. The minimum Gasteiger partial charge on any atom is -0.373 e. The largest absolute Gasteiger partial charge is 0.373 e. The molecule has 1 aromatic carbocycles. The van der Waals surface area contributed by atoms with E-state index in [0.717, 1.165) is 44.5 Å². The van der Waals surface area contributed by atoms with Crippen molar-refractivity contribution in [3.05, 3.63) is 29.3 Å². The van der Waals surface area contributed by atoms with Gasteiger partial charge in [-0.25, -0.2) is 0 Å². The van der Waals surface area contributed by atoms with Crippen LogP contribution >= 0.6 is 23.2 Å². The monoisotopic (exact) mass is 439 g/mol. The zero-order valence-electron chi connectivity index (χ0n) is 16.8. The number of hydrogen-bond donors (Lipinski definition) is 2. The normalized spacial score (nSPS) is 19.6. The molecule has 1 heterocycles. The summed E-state index contributed by atoms with van der Waals surface area (Å²) in [5.41, 5.74) is 0.942. The second kappa shape index (κ2) is 11.1. The number of carbonyl (C=O) groups excluding carboxylic acids is 2. The third kappa shape index (κ3) is 6.51. The van der Waals surface area contributed by atoms with Crippen molar-refractivity contribution in [2.45, 2.75) is 51.0 Å². The number of likely N-dealkylation sites (tertiary alicyclic amines) is 1. The van der Waals surface area contributed by atoms with Crippen molar-refractivity contribution in [1.82, 2.24) is 10.2 Å². The summed E-state index contributed by atoms with van der Waals surface area (Å²) in [6.45, 7) is 2.13. The summed E-state index contributed by atoms with van der Waals surface area (Å²) in [4.78, 5) is 26.8. The molecule has 1 aliphatic carbocycles. The Balaban J connectivity index is 1.60. The van der Waals surface area contributed by atoms with Gasteiger partial charge in [-0.2, -0.15) is 0 Å². The summed E-state index contributed by atoms with van der Waals surface area (Å²) in [5.74, 6) is 0.845. The van der Waals surface area contributed by atoms with Crippen molar-refractivity contribution in [1.29, 1.82) is 0 Å². The van der Waals surface area contributed by atoms with Crippen molar-refractivity contribution >= 4 is 40.7 Å². The van der Waals surface area contributed by atoms with E-state index in [1.165, 1.54) is 19.3 Å². The number of rotatable bonds is 7. The number of carbonyl (C=O) groups is 2. The van der Waals surface area contributed by atoms with Gasteiger partial charge in [-0.05, 0) is 61.8 Å². The average molecular weight is 440 g/mol. The van der Waals surface area contributed by atoms with Gasteiger partial charge < -0.3 is 15.5 Å². The Kier molecular flexibility index (Phi) is 8.49. The second-order valence-corrected chi connectivity index (χ2v) is 8.94. The highest BCUT2D eigenvalue weighted by molar-refractivity contribution is 6.30. The maximum absolute atomic E-state index is 13.4. The van der Waals surface area contributed by atoms with Crippen LogP contribution in [-0.2, 0) is 9.59 Å². The number of alkyl halides is 1. The molecule has 0 spiro atoms. The third-order valence-corrected chi connectivity index (χ3v) is 6.68. The lowest BCUT2D eigenvalue weighted by atomic mass is 9.82. The molecule has 2 aliphatic rings. The van der Waals surface area contributed by atoms with Gasteiger partial charge in [0.1, 0.15) is 11.9 Å². The minimum absolute atomic E-state index is 0.00321. The number of halogens is 2. The van der Waals surface area contributed by atoms with Crippen molar-refractivity contribution < 1.29 is 9.59 Å². The van der Waals surface area contributed by atoms with Crippen LogP contribution in [0.1, 0.15) is 44.9 Å². The van der Waals surface area contributed by atoms with Gasteiger partial charge in [0, 0.05) is 30.3 Å². The van der Waals surface area contributed by atoms with E-state index in [0.29, 0.717) is 23.4 Å². The topological polar surface area (TPSA) is 61.4 Å². The van der Waals surface area contributed by atoms with Crippen LogP contribution in [-0.4, -0.2) is 48.3 Å². The predicted molar refractivity (Wildman–Crippen MR) is 118 cm³/mol. The zero-order valence-corrected chi connectivity index (χ0v) is 18.4. The highest BCUT2D eigenvalue weighted by Crippen LogP contribution is 2.30. The van der Waals surface area contributed by atoms with E-state index in [4.69, 9.17) is 23.2 Å². The smallest absolute Gasteiger partial charge is 0.245 e. The number of nitrogens with zero attached hydrogens (tertiary/aromatic N) is 1. The molecule has 0 unspecified atom stereocenters. The van der Waals surface area contributed by atoms with Gasteiger partial charge in [-0.1, -0.05) is 30.9 Å². The Morgan fingerprint density at radius 2 is 1.69 bits per heavy atom. The maximum Gasteiger partial charge on any atom is 0.245 e. The molecule has 2 N–H and O–H groups in total. The van der Waals surface area contributed by atoms with Crippen LogP contribution in [0.5, 0.6) is 0 Å². The first-order valence-corrected chi connectivity index (χ1v) is 11.6. The Bertz CT molecular complexity index is 669. The highest BCUT2D eigenvalue weighted by Gasteiger charge is 2.34. The third-order valence-electron chi connectivity index (χ3n) is 6.19. The molecule has 2 amide bonds. The number of amides is 2. The molecule has 1 aromatic rings. The van der Waals surface area contributed by atoms with E-state index in [9.17, 15) is 9.59 Å². The Hall–Kier alpha value is -1.46. The molecule has 160 valence electrons. The summed E-state index contributed by atoms with van der Waals surface area (Å²) in [7, 11) is 0. The molecule has 7 heteroatoms. The first-order chi connectivity index (χ1) is 14.1. The van der Waals surface area contributed by atoms with Gasteiger partial charge in [0.15, 0.2) is 0 Å². The zero-order chi connectivity index (χ0) is 20.6. The predicted octanol–water partition coefficient (Wildman–Crippen LogP) is 4.29. The van der Waals surface area contributed by atoms with Crippen molar-refractivity contribution in [3.63, 3.8) is 0 Å². The fourth-order valence-corrected chi connectivity index (χ4v) is 4.65. The van der Waals surface area contributed by atoms with Crippen molar-refractivity contribution in [3.8, 4) is 0 Å². The van der Waals surface area contributed by atoms with E-state index >= 15 is 0 Å². The van der Waals surface area contributed by atoms with Crippen LogP contribution in [0.3, 0.4) is 0 Å². The van der Waals surface area contributed by atoms with Crippen LogP contribution in [0.4, 0.5) is 5.69 Å². The molecule has 5 nitrogen and oxygen atoms in total. The van der Waals surface area contributed by atoms with E-state index in [1.807, 2.05) is 29.2 Å².